The van der Waals surface area contributed by atoms with E-state index in [4.69, 9.17) is 5.73 Å². The Morgan fingerprint density at radius 3 is 2.67 bits per heavy atom. The molecule has 2 amide bonds. The van der Waals surface area contributed by atoms with Gasteiger partial charge in [-0.2, -0.15) is 0 Å². The van der Waals surface area contributed by atoms with Gasteiger partial charge < -0.3 is 21.0 Å². The zero-order valence-electron chi connectivity index (χ0n) is 12.9. The Morgan fingerprint density at radius 2 is 2.04 bits per heavy atom. The summed E-state index contributed by atoms with van der Waals surface area (Å²) in [6, 6.07) is 7.16. The van der Waals surface area contributed by atoms with E-state index in [0.29, 0.717) is 16.9 Å². The molecule has 8 heteroatoms. The summed E-state index contributed by atoms with van der Waals surface area (Å²) >= 11 is 1.40. The summed E-state index contributed by atoms with van der Waals surface area (Å²) in [5.41, 5.74) is 7.04. The van der Waals surface area contributed by atoms with Crippen LogP contribution in [0.5, 0.6) is 0 Å². The minimum atomic E-state index is -1.38. The highest BCUT2D eigenvalue weighted by atomic mass is 32.2. The summed E-state index contributed by atoms with van der Waals surface area (Å²) in [6.07, 6.45) is 0. The van der Waals surface area contributed by atoms with E-state index in [1.54, 1.807) is 31.2 Å². The van der Waals surface area contributed by atoms with Crippen LogP contribution in [0.4, 0.5) is 0 Å². The lowest BCUT2D eigenvalue weighted by Gasteiger charge is -2.50. The molecular weight excluding hydrogens is 330 g/mol. The Morgan fingerprint density at radius 1 is 1.38 bits per heavy atom. The van der Waals surface area contributed by atoms with E-state index in [9.17, 15) is 19.5 Å². The molecule has 0 aliphatic carbocycles. The van der Waals surface area contributed by atoms with E-state index < -0.39 is 35.2 Å². The first kappa shape index (κ1) is 16.5. The zero-order valence-corrected chi connectivity index (χ0v) is 13.7. The summed E-state index contributed by atoms with van der Waals surface area (Å²) in [5.74, 6) is -1.84. The SMILES string of the molecule is CC1=C(C(=O)[O-])N2C(=O)[C@H](NC(=O)[C@@H](N)c3ccccc3)C2SC1. The standard InChI is InChI=1S/C16H17N3O4S/c1-8-7-24-15-11(14(21)19(15)12(8)16(22)23)18-13(20)10(17)9-5-3-2-4-6-9/h2-6,10-11,15H,7,17H2,1H3,(H,18,20)(H,22,23)/p-1/t10-,11-,15?/m0/s1. The van der Waals surface area contributed by atoms with Crippen molar-refractivity contribution in [1.29, 1.82) is 0 Å². The van der Waals surface area contributed by atoms with Gasteiger partial charge in [0, 0.05) is 5.75 Å². The lowest BCUT2D eigenvalue weighted by Crippen LogP contribution is -2.71. The van der Waals surface area contributed by atoms with Gasteiger partial charge in [0.05, 0.1) is 11.7 Å². The number of carbonyl (C=O) groups is 3. The van der Waals surface area contributed by atoms with Crippen LogP contribution in [-0.2, 0) is 14.4 Å². The molecular formula is C16H16N3O4S-. The van der Waals surface area contributed by atoms with E-state index in [2.05, 4.69) is 5.32 Å². The number of hydrogen-bond acceptors (Lipinski definition) is 6. The van der Waals surface area contributed by atoms with Crippen LogP contribution >= 0.6 is 11.8 Å². The number of rotatable bonds is 4. The molecule has 0 bridgehead atoms. The van der Waals surface area contributed by atoms with E-state index in [0.717, 1.165) is 0 Å². The highest BCUT2D eigenvalue weighted by Crippen LogP contribution is 2.39. The van der Waals surface area contributed by atoms with Crippen molar-refractivity contribution in [3.05, 3.63) is 47.2 Å². The molecule has 0 radical (unpaired) electrons. The van der Waals surface area contributed by atoms with Crippen LogP contribution < -0.4 is 16.2 Å². The fourth-order valence-electron chi connectivity index (χ4n) is 2.82. The molecule has 1 fully saturated rings. The average molecular weight is 346 g/mol. The number of aliphatic carboxylic acids is 1. The molecule has 1 aromatic carbocycles. The second-order valence-corrected chi connectivity index (χ2v) is 6.81. The van der Waals surface area contributed by atoms with Gasteiger partial charge in [-0.3, -0.25) is 14.5 Å². The van der Waals surface area contributed by atoms with Gasteiger partial charge >= 0.3 is 0 Å². The highest BCUT2D eigenvalue weighted by molar-refractivity contribution is 8.00. The van der Waals surface area contributed by atoms with Gasteiger partial charge in [0.15, 0.2) is 0 Å². The van der Waals surface area contributed by atoms with Crippen LogP contribution in [0, 0.1) is 0 Å². The first-order chi connectivity index (χ1) is 11.4. The normalized spacial score (nSPS) is 24.1. The molecule has 2 heterocycles. The monoisotopic (exact) mass is 346 g/mol. The van der Waals surface area contributed by atoms with Crippen molar-refractivity contribution in [3.63, 3.8) is 0 Å². The van der Waals surface area contributed by atoms with Crippen LogP contribution in [0.25, 0.3) is 0 Å². The van der Waals surface area contributed by atoms with Gasteiger partial charge in [-0.1, -0.05) is 30.3 Å². The van der Waals surface area contributed by atoms with Crippen LogP contribution in [0.3, 0.4) is 0 Å². The first-order valence-corrected chi connectivity index (χ1v) is 8.43. The third-order valence-electron chi connectivity index (χ3n) is 4.09. The van der Waals surface area contributed by atoms with E-state index >= 15 is 0 Å². The van der Waals surface area contributed by atoms with Crippen molar-refractivity contribution in [2.24, 2.45) is 5.73 Å². The summed E-state index contributed by atoms with van der Waals surface area (Å²) in [6.45, 7) is 1.65. The number of carboxylic acids is 1. The molecule has 3 atom stereocenters. The average Bonchev–Trinajstić information content (AvgIpc) is 2.59. The predicted octanol–water partition coefficient (Wildman–Crippen LogP) is -0.890. The van der Waals surface area contributed by atoms with Crippen molar-refractivity contribution in [2.45, 2.75) is 24.4 Å². The summed E-state index contributed by atoms with van der Waals surface area (Å²) in [5, 5.41) is 13.4. The molecule has 0 saturated carbocycles. The van der Waals surface area contributed by atoms with Crippen LogP contribution in [0.2, 0.25) is 0 Å². The Bertz CT molecular complexity index is 734. The number of nitrogens with zero attached hydrogens (tertiary/aromatic N) is 1. The summed E-state index contributed by atoms with van der Waals surface area (Å²) in [7, 11) is 0. The highest BCUT2D eigenvalue weighted by Gasteiger charge is 2.52. The van der Waals surface area contributed by atoms with E-state index in [-0.39, 0.29) is 5.70 Å². The number of nitrogens with one attached hydrogen (secondary N) is 1. The van der Waals surface area contributed by atoms with Crippen molar-refractivity contribution >= 4 is 29.5 Å². The molecule has 1 aromatic rings. The minimum absolute atomic E-state index is 0.0957. The van der Waals surface area contributed by atoms with Gasteiger partial charge in [0.25, 0.3) is 5.91 Å². The smallest absolute Gasteiger partial charge is 0.253 e. The van der Waals surface area contributed by atoms with Crippen molar-refractivity contribution < 1.29 is 19.5 Å². The van der Waals surface area contributed by atoms with Gasteiger partial charge in [0.2, 0.25) is 5.91 Å². The number of amides is 2. The Labute approximate surface area is 142 Å². The largest absolute Gasteiger partial charge is 0.543 e. The van der Waals surface area contributed by atoms with Crippen molar-refractivity contribution in [2.75, 3.05) is 5.75 Å². The van der Waals surface area contributed by atoms with E-state index in [1.165, 1.54) is 16.7 Å². The lowest BCUT2D eigenvalue weighted by atomic mass is 10.0. The summed E-state index contributed by atoms with van der Waals surface area (Å²) < 4.78 is 0. The number of β-lactam (4-membered cyclic amide) rings is 1. The topological polar surface area (TPSA) is 116 Å². The third-order valence-corrected chi connectivity index (χ3v) is 5.52. The minimum Gasteiger partial charge on any atom is -0.543 e. The number of thioether (sulfide) groups is 1. The van der Waals surface area contributed by atoms with Crippen molar-refractivity contribution in [3.8, 4) is 0 Å². The number of carboxylic acid groups (broad SMARTS) is 1. The molecule has 1 unspecified atom stereocenters. The maximum absolute atomic E-state index is 12.3. The maximum atomic E-state index is 12.3. The molecule has 2 aliphatic heterocycles. The fraction of sp³-hybridized carbons (Fsp3) is 0.312. The quantitative estimate of drug-likeness (QED) is 0.684. The van der Waals surface area contributed by atoms with Crippen LogP contribution in [0.1, 0.15) is 18.5 Å². The number of fused-ring (bicyclic) bond motifs is 1. The summed E-state index contributed by atoms with van der Waals surface area (Å²) in [4.78, 5) is 37.0. The second-order valence-electron chi connectivity index (χ2n) is 5.70. The molecule has 126 valence electrons. The third kappa shape index (κ3) is 2.67. The zero-order chi connectivity index (χ0) is 17.4. The number of benzene rings is 1. The molecule has 1 saturated heterocycles. The maximum Gasteiger partial charge on any atom is 0.253 e. The molecule has 0 spiro atoms. The van der Waals surface area contributed by atoms with Gasteiger partial charge in [-0.25, -0.2) is 0 Å². The Balaban J connectivity index is 1.71. The van der Waals surface area contributed by atoms with Gasteiger partial charge in [0.1, 0.15) is 17.5 Å². The van der Waals surface area contributed by atoms with Gasteiger partial charge in [-0.05, 0) is 18.1 Å². The Hall–Kier alpha value is -2.32. The predicted molar refractivity (Wildman–Crippen MR) is 86.1 cm³/mol. The van der Waals surface area contributed by atoms with Crippen molar-refractivity contribution in [1.82, 2.24) is 10.2 Å². The van der Waals surface area contributed by atoms with Crippen LogP contribution in [0.15, 0.2) is 41.6 Å². The molecule has 0 aromatic heterocycles. The Kier molecular flexibility index (Phi) is 4.33. The van der Waals surface area contributed by atoms with Crippen LogP contribution in [-0.4, -0.2) is 39.9 Å². The molecule has 2 aliphatic rings. The van der Waals surface area contributed by atoms with E-state index in [1.807, 2.05) is 6.07 Å². The fourth-order valence-corrected chi connectivity index (χ4v) is 4.11. The first-order valence-electron chi connectivity index (χ1n) is 7.38. The number of nitrogens with two attached hydrogens (primary N) is 1. The molecule has 24 heavy (non-hydrogen) atoms. The number of carbonyl (C=O) groups excluding carboxylic acids is 3. The lowest BCUT2D eigenvalue weighted by molar-refractivity contribution is -0.301. The van der Waals surface area contributed by atoms with Gasteiger partial charge in [-0.15, -0.1) is 11.8 Å². The molecule has 3 N–H and O–H groups in total. The molecule has 3 rings (SSSR count). The number of hydrogen-bond donors (Lipinski definition) is 2. The molecule has 7 nitrogen and oxygen atoms in total. The second kappa shape index (κ2) is 6.29.